The first kappa shape index (κ1) is 18.7. The van der Waals surface area contributed by atoms with E-state index in [1.165, 1.54) is 44.2 Å². The molecule has 136 valence electrons. The highest BCUT2D eigenvalue weighted by Crippen LogP contribution is 2.58. The van der Waals surface area contributed by atoms with Gasteiger partial charge in [-0.2, -0.15) is 0 Å². The molecule has 0 N–H and O–H groups in total. The van der Waals surface area contributed by atoms with Crippen LogP contribution in [0.4, 0.5) is 0 Å². The van der Waals surface area contributed by atoms with E-state index in [-0.39, 0.29) is 10.8 Å². The van der Waals surface area contributed by atoms with Crippen molar-refractivity contribution in [2.45, 2.75) is 66.2 Å². The van der Waals surface area contributed by atoms with Crippen LogP contribution in [0.25, 0.3) is 21.9 Å². The third kappa shape index (κ3) is 2.14. The van der Waals surface area contributed by atoms with Crippen molar-refractivity contribution in [2.24, 2.45) is 0 Å². The fourth-order valence-corrected chi connectivity index (χ4v) is 4.83. The molecule has 0 amide bonds. The third-order valence-electron chi connectivity index (χ3n) is 6.05. The molecular weight excluding hydrogens is 312 g/mol. The smallest absolute Gasteiger partial charge is 0.0159 e. The topological polar surface area (TPSA) is 0 Å². The Morgan fingerprint density at radius 1 is 0.500 bits per heavy atom. The number of hydrogen-bond donors (Lipinski definition) is 0. The van der Waals surface area contributed by atoms with Gasteiger partial charge in [0.05, 0.1) is 0 Å². The third-order valence-corrected chi connectivity index (χ3v) is 6.05. The molecule has 0 saturated carbocycles. The lowest BCUT2D eigenvalue weighted by Gasteiger charge is -2.34. The van der Waals surface area contributed by atoms with Crippen molar-refractivity contribution in [3.8, 4) is 11.1 Å². The van der Waals surface area contributed by atoms with Gasteiger partial charge in [0.2, 0.25) is 0 Å². The number of rotatable bonds is 0. The maximum Gasteiger partial charge on any atom is 0.0159 e. The highest BCUT2D eigenvalue weighted by Gasteiger charge is 2.44. The lowest BCUT2D eigenvalue weighted by molar-refractivity contribution is 0.639. The summed E-state index contributed by atoms with van der Waals surface area (Å²) < 4.78 is 0. The van der Waals surface area contributed by atoms with Crippen molar-refractivity contribution in [1.29, 1.82) is 0 Å². The van der Waals surface area contributed by atoms with Gasteiger partial charge in [-0.25, -0.2) is 0 Å². The van der Waals surface area contributed by atoms with Crippen LogP contribution in [0.15, 0.2) is 48.5 Å². The molecule has 2 aliphatic rings. The molecule has 0 bridgehead atoms. The maximum absolute atomic E-state index is 2.37. The molecule has 0 aromatic heterocycles. The molecule has 26 heavy (non-hydrogen) atoms. The Hall–Kier alpha value is -2.08. The van der Waals surface area contributed by atoms with Crippen molar-refractivity contribution in [1.82, 2.24) is 0 Å². The Bertz CT molecular complexity index is 971. The fourth-order valence-electron chi connectivity index (χ4n) is 4.83. The summed E-state index contributed by atoms with van der Waals surface area (Å²) in [6.45, 7) is 17.5. The first-order chi connectivity index (χ1) is 12.4. The molecule has 0 fully saturated rings. The summed E-state index contributed by atoms with van der Waals surface area (Å²) in [4.78, 5) is 0. The Morgan fingerprint density at radius 3 is 1.58 bits per heavy atom. The van der Waals surface area contributed by atoms with Crippen LogP contribution in [0.2, 0.25) is 0 Å². The van der Waals surface area contributed by atoms with Gasteiger partial charge in [-0.15, -0.1) is 0 Å². The highest BCUT2D eigenvalue weighted by atomic mass is 14.5. The lowest BCUT2D eigenvalue weighted by Crippen LogP contribution is -2.23. The van der Waals surface area contributed by atoms with Crippen LogP contribution in [0.1, 0.15) is 77.6 Å². The van der Waals surface area contributed by atoms with Gasteiger partial charge in [0.15, 0.2) is 0 Å². The van der Waals surface area contributed by atoms with Gasteiger partial charge >= 0.3 is 0 Å². The van der Waals surface area contributed by atoms with E-state index >= 15 is 0 Å². The zero-order valence-corrected chi connectivity index (χ0v) is 17.6. The SMILES string of the molecule is CC.CC.CC1(C)c2cccc3c2-c2c1ccc1cccc(c21)C3(C)C. The van der Waals surface area contributed by atoms with Crippen LogP contribution >= 0.6 is 0 Å². The molecule has 2 aliphatic carbocycles. The highest BCUT2D eigenvalue weighted by molar-refractivity contribution is 6.08. The number of benzene rings is 3. The van der Waals surface area contributed by atoms with Gasteiger partial charge in [0, 0.05) is 10.8 Å². The average Bonchev–Trinajstić information content (AvgIpc) is 2.91. The molecule has 0 heteroatoms. The van der Waals surface area contributed by atoms with E-state index in [0.29, 0.717) is 0 Å². The van der Waals surface area contributed by atoms with Crippen LogP contribution in [-0.4, -0.2) is 0 Å². The Balaban J connectivity index is 0.000000461. The molecule has 0 aliphatic heterocycles. The molecule has 0 saturated heterocycles. The van der Waals surface area contributed by atoms with Crippen LogP contribution in [0.3, 0.4) is 0 Å². The molecule has 0 atom stereocenters. The maximum atomic E-state index is 2.37. The zero-order valence-electron chi connectivity index (χ0n) is 17.6. The largest absolute Gasteiger partial charge is 0.0683 e. The second-order valence-electron chi connectivity index (χ2n) is 7.87. The van der Waals surface area contributed by atoms with E-state index in [1.54, 1.807) is 0 Å². The molecule has 0 nitrogen and oxygen atoms in total. The second-order valence-corrected chi connectivity index (χ2v) is 7.87. The fraction of sp³-hybridized carbons (Fsp3) is 0.385. The van der Waals surface area contributed by atoms with Crippen LogP contribution in [-0.2, 0) is 10.8 Å². The molecule has 0 heterocycles. The Morgan fingerprint density at radius 2 is 0.962 bits per heavy atom. The summed E-state index contributed by atoms with van der Waals surface area (Å²) in [6, 6.07) is 18.4. The predicted molar refractivity (Wildman–Crippen MR) is 116 cm³/mol. The van der Waals surface area contributed by atoms with Gasteiger partial charge in [0.25, 0.3) is 0 Å². The monoisotopic (exact) mass is 344 g/mol. The lowest BCUT2D eigenvalue weighted by atomic mass is 9.68. The van der Waals surface area contributed by atoms with Crippen molar-refractivity contribution in [3.63, 3.8) is 0 Å². The quantitative estimate of drug-likeness (QED) is 0.389. The van der Waals surface area contributed by atoms with Crippen molar-refractivity contribution >= 4 is 10.8 Å². The Kier molecular flexibility index (Phi) is 4.51. The minimum absolute atomic E-state index is 0.0664. The van der Waals surface area contributed by atoms with E-state index in [2.05, 4.69) is 76.2 Å². The summed E-state index contributed by atoms with van der Waals surface area (Å²) in [7, 11) is 0. The minimum Gasteiger partial charge on any atom is -0.0683 e. The minimum atomic E-state index is 0.0664. The molecule has 0 spiro atoms. The molecule has 0 unspecified atom stereocenters. The summed E-state index contributed by atoms with van der Waals surface area (Å²) in [5, 5.41) is 2.86. The van der Waals surface area contributed by atoms with E-state index in [1.807, 2.05) is 27.7 Å². The van der Waals surface area contributed by atoms with Gasteiger partial charge in [-0.3, -0.25) is 0 Å². The summed E-state index contributed by atoms with van der Waals surface area (Å²) >= 11 is 0. The van der Waals surface area contributed by atoms with E-state index in [4.69, 9.17) is 0 Å². The molecular formula is C26H32. The first-order valence-electron chi connectivity index (χ1n) is 10.1. The summed E-state index contributed by atoms with van der Waals surface area (Å²) in [6.07, 6.45) is 0. The zero-order chi connectivity index (χ0) is 19.3. The standard InChI is InChI=1S/C22H20.2C2H6/c1-21(2)14-8-5-7-13-11-12-17-20(18(13)14)19-15(21)9-6-10-16(19)22(17,3)4;2*1-2/h5-12H,1-4H3;2*1-2H3. The van der Waals surface area contributed by atoms with Gasteiger partial charge in [0.1, 0.15) is 0 Å². The molecule has 5 rings (SSSR count). The van der Waals surface area contributed by atoms with E-state index < -0.39 is 0 Å². The van der Waals surface area contributed by atoms with Crippen LogP contribution in [0.5, 0.6) is 0 Å². The first-order valence-corrected chi connectivity index (χ1v) is 10.1. The Labute approximate surface area is 159 Å². The van der Waals surface area contributed by atoms with Gasteiger partial charge < -0.3 is 0 Å². The van der Waals surface area contributed by atoms with Gasteiger partial charge in [-0.05, 0) is 44.2 Å². The summed E-state index contributed by atoms with van der Waals surface area (Å²) in [5.41, 5.74) is 9.13. The number of hydrogen-bond acceptors (Lipinski definition) is 0. The molecule has 0 radical (unpaired) electrons. The van der Waals surface area contributed by atoms with Crippen molar-refractivity contribution in [2.75, 3.05) is 0 Å². The molecule has 3 aromatic carbocycles. The average molecular weight is 345 g/mol. The van der Waals surface area contributed by atoms with Gasteiger partial charge in [-0.1, -0.05) is 104 Å². The van der Waals surface area contributed by atoms with E-state index in [0.717, 1.165) is 0 Å². The normalized spacial score (nSPS) is 16.3. The van der Waals surface area contributed by atoms with E-state index in [9.17, 15) is 0 Å². The van der Waals surface area contributed by atoms with Crippen molar-refractivity contribution < 1.29 is 0 Å². The van der Waals surface area contributed by atoms with Crippen LogP contribution < -0.4 is 0 Å². The second kappa shape index (κ2) is 6.27. The predicted octanol–water partition coefficient (Wildman–Crippen LogP) is 7.84. The summed E-state index contributed by atoms with van der Waals surface area (Å²) in [5.74, 6) is 0. The van der Waals surface area contributed by atoms with Crippen LogP contribution in [0, 0.1) is 0 Å². The van der Waals surface area contributed by atoms with Crippen molar-refractivity contribution in [3.05, 3.63) is 70.8 Å². The molecule has 3 aromatic rings.